The number of nitrogens with one attached hydrogen (secondary N) is 1. The molecule has 3 aromatic carbocycles. The van der Waals surface area contributed by atoms with E-state index in [9.17, 15) is 18.0 Å². The zero-order valence-corrected chi connectivity index (χ0v) is 17.6. The molecule has 0 radical (unpaired) electrons. The summed E-state index contributed by atoms with van der Waals surface area (Å²) in [7, 11) is 0. The van der Waals surface area contributed by atoms with Crippen molar-refractivity contribution in [1.82, 2.24) is 4.57 Å². The third kappa shape index (κ3) is 4.17. The van der Waals surface area contributed by atoms with Crippen molar-refractivity contribution < 1.29 is 18.0 Å². The molecule has 162 valence electrons. The Morgan fingerprint density at radius 2 is 1.41 bits per heavy atom. The van der Waals surface area contributed by atoms with Gasteiger partial charge in [0.05, 0.1) is 16.8 Å². The lowest BCUT2D eigenvalue weighted by atomic mass is 10.1. The van der Waals surface area contributed by atoms with Gasteiger partial charge < -0.3 is 9.88 Å². The highest BCUT2D eigenvalue weighted by atomic mass is 19.4. The fraction of sp³-hybridized carbons (Fsp3) is 0.115. The lowest BCUT2D eigenvalue weighted by Gasteiger charge is -2.16. The van der Waals surface area contributed by atoms with Crippen LogP contribution in [0, 0.1) is 13.8 Å². The first-order chi connectivity index (χ1) is 15.3. The van der Waals surface area contributed by atoms with E-state index in [1.807, 2.05) is 42.5 Å². The van der Waals surface area contributed by atoms with Crippen LogP contribution >= 0.6 is 0 Å². The minimum absolute atomic E-state index is 0.00117. The third-order valence-electron chi connectivity index (χ3n) is 5.38. The Morgan fingerprint density at radius 3 is 2.06 bits per heavy atom. The number of benzene rings is 3. The highest BCUT2D eigenvalue weighted by molar-refractivity contribution is 6.05. The summed E-state index contributed by atoms with van der Waals surface area (Å²) < 4.78 is 42.0. The van der Waals surface area contributed by atoms with Crippen molar-refractivity contribution in [2.24, 2.45) is 0 Å². The Balaban J connectivity index is 1.62. The van der Waals surface area contributed by atoms with E-state index in [-0.39, 0.29) is 11.6 Å². The summed E-state index contributed by atoms with van der Waals surface area (Å²) in [6, 6.07) is 24.3. The molecule has 0 unspecified atom stereocenters. The first-order valence-electron chi connectivity index (χ1n) is 10.1. The molecule has 1 amide bonds. The van der Waals surface area contributed by atoms with Crippen molar-refractivity contribution in [2.45, 2.75) is 20.0 Å². The number of carbonyl (C=O) groups is 1. The zero-order chi connectivity index (χ0) is 22.9. The van der Waals surface area contributed by atoms with Crippen LogP contribution in [0.15, 0.2) is 84.9 Å². The number of anilines is 1. The van der Waals surface area contributed by atoms with Crippen molar-refractivity contribution in [3.8, 4) is 16.8 Å². The van der Waals surface area contributed by atoms with E-state index in [4.69, 9.17) is 0 Å². The van der Waals surface area contributed by atoms with E-state index in [1.54, 1.807) is 38.1 Å². The number of nitrogens with zero attached hydrogens (tertiary/aromatic N) is 1. The molecule has 32 heavy (non-hydrogen) atoms. The second kappa shape index (κ2) is 8.38. The molecule has 0 aliphatic carbocycles. The maximum atomic E-state index is 13.5. The van der Waals surface area contributed by atoms with Crippen LogP contribution in [0.1, 0.15) is 27.3 Å². The van der Waals surface area contributed by atoms with Gasteiger partial charge in [0, 0.05) is 17.1 Å². The minimum Gasteiger partial charge on any atom is -0.322 e. The van der Waals surface area contributed by atoms with Gasteiger partial charge in [0.15, 0.2) is 0 Å². The van der Waals surface area contributed by atoms with E-state index < -0.39 is 11.7 Å². The Kier molecular flexibility index (Phi) is 5.61. The monoisotopic (exact) mass is 434 g/mol. The van der Waals surface area contributed by atoms with Crippen LogP contribution < -0.4 is 5.32 Å². The van der Waals surface area contributed by atoms with Crippen LogP contribution in [0.25, 0.3) is 16.8 Å². The normalized spacial score (nSPS) is 11.4. The molecule has 0 saturated heterocycles. The van der Waals surface area contributed by atoms with E-state index in [0.29, 0.717) is 22.6 Å². The molecule has 0 bridgehead atoms. The summed E-state index contributed by atoms with van der Waals surface area (Å²) in [6.07, 6.45) is -4.50. The fourth-order valence-corrected chi connectivity index (χ4v) is 3.85. The molecule has 0 aliphatic heterocycles. The predicted molar refractivity (Wildman–Crippen MR) is 120 cm³/mol. The van der Waals surface area contributed by atoms with E-state index in [0.717, 1.165) is 17.2 Å². The standard InChI is InChI=1S/C26H21F3N2O/c1-17-16-22(18(2)31(17)24-11-7-6-10-23(24)26(27,28)29)25(32)30-21-14-12-20(13-15-21)19-8-4-3-5-9-19/h3-16H,1-2H3,(H,30,32). The average Bonchev–Trinajstić information content (AvgIpc) is 3.08. The second-order valence-electron chi connectivity index (χ2n) is 7.53. The van der Waals surface area contributed by atoms with Crippen molar-refractivity contribution in [2.75, 3.05) is 5.32 Å². The number of aromatic nitrogens is 1. The van der Waals surface area contributed by atoms with Crippen LogP contribution in [-0.2, 0) is 6.18 Å². The number of amides is 1. The average molecular weight is 434 g/mol. The Labute approximate surface area is 184 Å². The fourth-order valence-electron chi connectivity index (χ4n) is 3.85. The second-order valence-corrected chi connectivity index (χ2v) is 7.53. The zero-order valence-electron chi connectivity index (χ0n) is 17.6. The largest absolute Gasteiger partial charge is 0.418 e. The number of rotatable bonds is 4. The van der Waals surface area contributed by atoms with Crippen LogP contribution in [-0.4, -0.2) is 10.5 Å². The van der Waals surface area contributed by atoms with Gasteiger partial charge in [-0.3, -0.25) is 4.79 Å². The maximum Gasteiger partial charge on any atom is 0.418 e. The number of aryl methyl sites for hydroxylation is 1. The molecule has 1 N–H and O–H groups in total. The highest BCUT2D eigenvalue weighted by Gasteiger charge is 2.34. The molecule has 4 aromatic rings. The molecule has 0 aliphatic rings. The number of alkyl halides is 3. The quantitative estimate of drug-likeness (QED) is 0.367. The van der Waals surface area contributed by atoms with Crippen LogP contribution in [0.2, 0.25) is 0 Å². The van der Waals surface area contributed by atoms with Gasteiger partial charge >= 0.3 is 6.18 Å². The van der Waals surface area contributed by atoms with Gasteiger partial charge in [-0.2, -0.15) is 13.2 Å². The van der Waals surface area contributed by atoms with Crippen molar-refractivity contribution in [3.63, 3.8) is 0 Å². The van der Waals surface area contributed by atoms with E-state index >= 15 is 0 Å². The van der Waals surface area contributed by atoms with Gasteiger partial charge in [-0.15, -0.1) is 0 Å². The van der Waals surface area contributed by atoms with Gasteiger partial charge in [-0.1, -0.05) is 54.6 Å². The Hall–Kier alpha value is -3.80. The molecule has 1 aromatic heterocycles. The first-order valence-corrected chi connectivity index (χ1v) is 10.1. The smallest absolute Gasteiger partial charge is 0.322 e. The summed E-state index contributed by atoms with van der Waals surface area (Å²) in [4.78, 5) is 12.9. The third-order valence-corrected chi connectivity index (χ3v) is 5.38. The number of halogens is 3. The molecule has 0 saturated carbocycles. The van der Waals surface area contributed by atoms with Crippen molar-refractivity contribution in [3.05, 3.63) is 107 Å². The summed E-state index contributed by atoms with van der Waals surface area (Å²) in [6.45, 7) is 3.33. The molecule has 0 atom stereocenters. The lowest BCUT2D eigenvalue weighted by Crippen LogP contribution is -2.14. The molecule has 0 spiro atoms. The van der Waals surface area contributed by atoms with Gasteiger partial charge in [-0.25, -0.2) is 0 Å². The van der Waals surface area contributed by atoms with Gasteiger partial charge in [0.1, 0.15) is 0 Å². The molecule has 6 heteroatoms. The van der Waals surface area contributed by atoms with Crippen molar-refractivity contribution in [1.29, 1.82) is 0 Å². The van der Waals surface area contributed by atoms with Gasteiger partial charge in [-0.05, 0) is 55.3 Å². The number of carbonyl (C=O) groups excluding carboxylic acids is 1. The molecular weight excluding hydrogens is 413 g/mol. The van der Waals surface area contributed by atoms with Crippen LogP contribution in [0.4, 0.5) is 18.9 Å². The number of hydrogen-bond acceptors (Lipinski definition) is 1. The summed E-state index contributed by atoms with van der Waals surface area (Å²) in [5.41, 5.74) is 3.26. The summed E-state index contributed by atoms with van der Waals surface area (Å²) in [5, 5.41) is 2.84. The predicted octanol–water partition coefficient (Wildman–Crippen LogP) is 7.03. The first kappa shape index (κ1) is 21.4. The molecule has 1 heterocycles. The summed E-state index contributed by atoms with van der Waals surface area (Å²) in [5.74, 6) is -0.374. The minimum atomic E-state index is -4.50. The Bertz CT molecular complexity index is 1260. The SMILES string of the molecule is Cc1cc(C(=O)Nc2ccc(-c3ccccc3)cc2)c(C)n1-c1ccccc1C(F)(F)F. The highest BCUT2D eigenvalue weighted by Crippen LogP contribution is 2.35. The molecular formula is C26H21F3N2O. The van der Waals surface area contributed by atoms with Crippen LogP contribution in [0.5, 0.6) is 0 Å². The van der Waals surface area contributed by atoms with E-state index in [1.165, 1.54) is 16.7 Å². The maximum absolute atomic E-state index is 13.5. The number of para-hydroxylation sites is 1. The Morgan fingerprint density at radius 1 is 0.812 bits per heavy atom. The molecule has 0 fully saturated rings. The molecule has 3 nitrogen and oxygen atoms in total. The topological polar surface area (TPSA) is 34.0 Å². The van der Waals surface area contributed by atoms with E-state index in [2.05, 4.69) is 5.32 Å². The number of hydrogen-bond donors (Lipinski definition) is 1. The summed E-state index contributed by atoms with van der Waals surface area (Å²) >= 11 is 0. The molecule has 4 rings (SSSR count). The van der Waals surface area contributed by atoms with Gasteiger partial charge in [0.25, 0.3) is 5.91 Å². The lowest BCUT2D eigenvalue weighted by molar-refractivity contribution is -0.137. The van der Waals surface area contributed by atoms with Crippen LogP contribution in [0.3, 0.4) is 0 Å². The van der Waals surface area contributed by atoms with Crippen molar-refractivity contribution >= 4 is 11.6 Å². The van der Waals surface area contributed by atoms with Gasteiger partial charge in [0.2, 0.25) is 0 Å².